The molecule has 0 aromatic carbocycles. The lowest BCUT2D eigenvalue weighted by Crippen LogP contribution is -2.47. The van der Waals surface area contributed by atoms with Gasteiger partial charge in [0, 0.05) is 19.0 Å². The van der Waals surface area contributed by atoms with E-state index in [2.05, 4.69) is 0 Å². The number of carbonyl (C=O) groups excluding carboxylic acids is 2. The maximum absolute atomic E-state index is 12.2. The number of nitrogens with zero attached hydrogens (tertiary/aromatic N) is 2. The molecule has 1 N–H and O–H groups in total. The molecule has 0 radical (unpaired) electrons. The zero-order valence-electron chi connectivity index (χ0n) is 12.3. The van der Waals surface area contributed by atoms with Crippen molar-refractivity contribution in [2.45, 2.75) is 52.0 Å². The summed E-state index contributed by atoms with van der Waals surface area (Å²) in [7, 11) is 0. The van der Waals surface area contributed by atoms with Crippen LogP contribution in [0.4, 0.5) is 0 Å². The summed E-state index contributed by atoms with van der Waals surface area (Å²) in [4.78, 5) is 37.8. The van der Waals surface area contributed by atoms with Gasteiger partial charge in [-0.15, -0.1) is 0 Å². The van der Waals surface area contributed by atoms with Crippen molar-refractivity contribution in [2.24, 2.45) is 0 Å². The van der Waals surface area contributed by atoms with Crippen LogP contribution in [0.2, 0.25) is 0 Å². The molecule has 1 saturated heterocycles. The first-order chi connectivity index (χ1) is 9.41. The van der Waals surface area contributed by atoms with Crippen LogP contribution in [0.25, 0.3) is 0 Å². The lowest BCUT2D eigenvalue weighted by Gasteiger charge is -2.30. The highest BCUT2D eigenvalue weighted by Gasteiger charge is 2.24. The molecule has 1 fully saturated rings. The average molecular weight is 284 g/mol. The van der Waals surface area contributed by atoms with Crippen molar-refractivity contribution in [1.29, 1.82) is 0 Å². The van der Waals surface area contributed by atoms with Crippen molar-refractivity contribution in [2.75, 3.05) is 19.6 Å². The molecule has 0 spiro atoms. The van der Waals surface area contributed by atoms with Gasteiger partial charge < -0.3 is 14.9 Å². The minimum absolute atomic E-state index is 0.00270. The molecule has 1 rings (SSSR count). The normalized spacial score (nSPS) is 16.8. The lowest BCUT2D eigenvalue weighted by atomic mass is 10.1. The van der Waals surface area contributed by atoms with Crippen molar-refractivity contribution >= 4 is 17.8 Å². The first kappa shape index (κ1) is 16.5. The van der Waals surface area contributed by atoms with E-state index in [1.165, 1.54) is 4.90 Å². The van der Waals surface area contributed by atoms with Gasteiger partial charge in [0.2, 0.25) is 11.8 Å². The molecule has 0 atom stereocenters. The molecule has 20 heavy (non-hydrogen) atoms. The van der Waals surface area contributed by atoms with Gasteiger partial charge in [-0.05, 0) is 26.7 Å². The largest absolute Gasteiger partial charge is 0.480 e. The highest BCUT2D eigenvalue weighted by atomic mass is 16.4. The Bertz CT molecular complexity index is 368. The lowest BCUT2D eigenvalue weighted by molar-refractivity contribution is -0.148. The Morgan fingerprint density at radius 1 is 1.25 bits per heavy atom. The summed E-state index contributed by atoms with van der Waals surface area (Å²) in [5.41, 5.74) is 0. The maximum atomic E-state index is 12.2. The molecule has 2 amide bonds. The number of carboxylic acid groups (broad SMARTS) is 1. The van der Waals surface area contributed by atoms with Crippen molar-refractivity contribution < 1.29 is 19.5 Å². The SMILES string of the molecule is CC(C)N(CC(=O)O)C(=O)CN1CCCCCCC1=O. The van der Waals surface area contributed by atoms with Crippen LogP contribution in [0.5, 0.6) is 0 Å². The molecular formula is C14H24N2O4. The van der Waals surface area contributed by atoms with E-state index >= 15 is 0 Å². The number of carbonyl (C=O) groups is 3. The van der Waals surface area contributed by atoms with Crippen molar-refractivity contribution in [3.63, 3.8) is 0 Å². The highest BCUT2D eigenvalue weighted by Crippen LogP contribution is 2.12. The zero-order valence-corrected chi connectivity index (χ0v) is 12.3. The number of amides is 2. The summed E-state index contributed by atoms with van der Waals surface area (Å²) in [6, 6.07) is -0.191. The quantitative estimate of drug-likeness (QED) is 0.820. The molecule has 0 aliphatic carbocycles. The van der Waals surface area contributed by atoms with Gasteiger partial charge in [-0.2, -0.15) is 0 Å². The van der Waals surface area contributed by atoms with E-state index in [9.17, 15) is 14.4 Å². The zero-order chi connectivity index (χ0) is 15.1. The second kappa shape index (κ2) is 7.87. The smallest absolute Gasteiger partial charge is 0.323 e. The summed E-state index contributed by atoms with van der Waals surface area (Å²) in [6.45, 7) is 3.80. The van der Waals surface area contributed by atoms with E-state index in [0.29, 0.717) is 13.0 Å². The predicted molar refractivity (Wildman–Crippen MR) is 74.1 cm³/mol. The molecule has 0 saturated carbocycles. The van der Waals surface area contributed by atoms with Crippen molar-refractivity contribution in [3.8, 4) is 0 Å². The summed E-state index contributed by atoms with van der Waals surface area (Å²) < 4.78 is 0. The molecule has 1 heterocycles. The third-order valence-electron chi connectivity index (χ3n) is 3.50. The van der Waals surface area contributed by atoms with Gasteiger partial charge in [0.1, 0.15) is 6.54 Å². The van der Waals surface area contributed by atoms with Gasteiger partial charge in [-0.3, -0.25) is 14.4 Å². The Balaban J connectivity index is 2.64. The van der Waals surface area contributed by atoms with Crippen molar-refractivity contribution in [3.05, 3.63) is 0 Å². The predicted octanol–water partition coefficient (Wildman–Crippen LogP) is 1.10. The van der Waals surface area contributed by atoms with Crippen LogP contribution in [0, 0.1) is 0 Å². The van der Waals surface area contributed by atoms with E-state index in [-0.39, 0.29) is 30.9 Å². The van der Waals surface area contributed by atoms with Gasteiger partial charge in [-0.1, -0.05) is 12.8 Å². The molecule has 0 unspecified atom stereocenters. The summed E-state index contributed by atoms with van der Waals surface area (Å²) in [5.74, 6) is -1.33. The van der Waals surface area contributed by atoms with Gasteiger partial charge in [-0.25, -0.2) is 0 Å². The highest BCUT2D eigenvalue weighted by molar-refractivity contribution is 5.87. The molecule has 0 aromatic heterocycles. The van der Waals surface area contributed by atoms with Gasteiger partial charge in [0.15, 0.2) is 0 Å². The number of hydrogen-bond donors (Lipinski definition) is 1. The number of likely N-dealkylation sites (tertiary alicyclic amines) is 1. The van der Waals surface area contributed by atoms with Crippen molar-refractivity contribution in [1.82, 2.24) is 9.80 Å². The van der Waals surface area contributed by atoms with E-state index in [1.807, 2.05) is 0 Å². The van der Waals surface area contributed by atoms with E-state index in [4.69, 9.17) is 5.11 Å². The van der Waals surface area contributed by atoms with E-state index < -0.39 is 5.97 Å². The molecular weight excluding hydrogens is 260 g/mol. The molecule has 6 heteroatoms. The fourth-order valence-corrected chi connectivity index (χ4v) is 2.34. The number of hydrogen-bond acceptors (Lipinski definition) is 3. The van der Waals surface area contributed by atoms with Gasteiger partial charge >= 0.3 is 5.97 Å². The Morgan fingerprint density at radius 3 is 2.50 bits per heavy atom. The molecule has 0 aromatic rings. The van der Waals surface area contributed by atoms with Crippen LogP contribution < -0.4 is 0 Å². The van der Waals surface area contributed by atoms with Gasteiger partial charge in [0.25, 0.3) is 0 Å². The van der Waals surface area contributed by atoms with Crippen LogP contribution in [0.15, 0.2) is 0 Å². The van der Waals surface area contributed by atoms with E-state index in [1.54, 1.807) is 18.7 Å². The summed E-state index contributed by atoms with van der Waals surface area (Å²) in [5, 5.41) is 8.85. The Kier molecular flexibility index (Phi) is 6.48. The van der Waals surface area contributed by atoms with Crippen LogP contribution >= 0.6 is 0 Å². The summed E-state index contributed by atoms with van der Waals surface area (Å²) in [6.07, 6.45) is 4.38. The van der Waals surface area contributed by atoms with Crippen LogP contribution in [0.3, 0.4) is 0 Å². The first-order valence-corrected chi connectivity index (χ1v) is 7.21. The third kappa shape index (κ3) is 5.19. The molecule has 114 valence electrons. The molecule has 1 aliphatic heterocycles. The second-order valence-electron chi connectivity index (χ2n) is 5.49. The third-order valence-corrected chi connectivity index (χ3v) is 3.50. The average Bonchev–Trinajstić information content (AvgIpc) is 2.35. The summed E-state index contributed by atoms with van der Waals surface area (Å²) >= 11 is 0. The number of carboxylic acids is 1. The van der Waals surface area contributed by atoms with Crippen LogP contribution in [-0.2, 0) is 14.4 Å². The minimum atomic E-state index is -1.04. The van der Waals surface area contributed by atoms with Gasteiger partial charge in [0.05, 0.1) is 6.54 Å². The Morgan fingerprint density at radius 2 is 1.90 bits per heavy atom. The molecule has 0 bridgehead atoms. The fraction of sp³-hybridized carbons (Fsp3) is 0.786. The Labute approximate surface area is 119 Å². The maximum Gasteiger partial charge on any atom is 0.323 e. The number of rotatable bonds is 5. The number of aliphatic carboxylic acids is 1. The standard InChI is InChI=1S/C14H24N2O4/c1-11(2)16(10-14(19)20)13(18)9-15-8-6-4-3-5-7-12(15)17/h11H,3-10H2,1-2H3,(H,19,20). The minimum Gasteiger partial charge on any atom is -0.480 e. The fourth-order valence-electron chi connectivity index (χ4n) is 2.34. The first-order valence-electron chi connectivity index (χ1n) is 7.21. The molecule has 1 aliphatic rings. The second-order valence-corrected chi connectivity index (χ2v) is 5.49. The van der Waals surface area contributed by atoms with E-state index in [0.717, 1.165) is 25.7 Å². The Hall–Kier alpha value is -1.59. The van der Waals surface area contributed by atoms with Crippen LogP contribution in [0.1, 0.15) is 46.0 Å². The monoisotopic (exact) mass is 284 g/mol. The van der Waals surface area contributed by atoms with Crippen LogP contribution in [-0.4, -0.2) is 58.4 Å². The molecule has 6 nitrogen and oxygen atoms in total. The topological polar surface area (TPSA) is 77.9 Å².